The minimum absolute atomic E-state index is 0.153. The molecule has 0 saturated heterocycles. The second-order valence-corrected chi connectivity index (χ2v) is 5.88. The van der Waals surface area contributed by atoms with E-state index in [2.05, 4.69) is 9.71 Å². The van der Waals surface area contributed by atoms with Crippen molar-refractivity contribution in [3.8, 4) is 5.75 Å². The normalized spacial score (nSPS) is 15.9. The number of halogens is 1. The monoisotopic (exact) mass is 262 g/mol. The molecule has 5 nitrogen and oxygen atoms in total. The van der Waals surface area contributed by atoms with E-state index in [1.165, 1.54) is 6.20 Å². The first kappa shape index (κ1) is 11.5. The number of rotatable bonds is 4. The third-order valence-corrected chi connectivity index (χ3v) is 2.69. The zero-order valence-corrected chi connectivity index (χ0v) is 10.2. The summed E-state index contributed by atoms with van der Waals surface area (Å²) in [4.78, 5) is 3.90. The molecular formula is C9H11ClN2O3S. The molecule has 0 aliphatic heterocycles. The van der Waals surface area contributed by atoms with Crippen molar-refractivity contribution in [2.45, 2.75) is 18.9 Å². The molecule has 16 heavy (non-hydrogen) atoms. The van der Waals surface area contributed by atoms with Gasteiger partial charge in [0.25, 0.3) is 0 Å². The van der Waals surface area contributed by atoms with E-state index >= 15 is 0 Å². The molecule has 0 spiro atoms. The van der Waals surface area contributed by atoms with Crippen molar-refractivity contribution in [2.24, 2.45) is 0 Å². The predicted molar refractivity (Wildman–Crippen MR) is 61.4 cm³/mol. The highest BCUT2D eigenvalue weighted by Crippen LogP contribution is 2.32. The number of pyridine rings is 1. The average Bonchev–Trinajstić information content (AvgIpc) is 2.91. The van der Waals surface area contributed by atoms with Crippen LogP contribution in [0.2, 0.25) is 5.02 Å². The van der Waals surface area contributed by atoms with E-state index in [0.717, 1.165) is 19.1 Å². The fraction of sp³-hybridized carbons (Fsp3) is 0.444. The van der Waals surface area contributed by atoms with E-state index < -0.39 is 10.0 Å². The third kappa shape index (κ3) is 3.24. The largest absolute Gasteiger partial charge is 0.486 e. The van der Waals surface area contributed by atoms with Gasteiger partial charge in [0.2, 0.25) is 10.0 Å². The first-order chi connectivity index (χ1) is 7.44. The van der Waals surface area contributed by atoms with Gasteiger partial charge in [0.15, 0.2) is 11.6 Å². The Bertz CT molecular complexity index is 499. The minimum Gasteiger partial charge on any atom is -0.486 e. The summed E-state index contributed by atoms with van der Waals surface area (Å²) in [5, 5.41) is 0.412. The molecule has 7 heteroatoms. The Morgan fingerprint density at radius 1 is 1.56 bits per heavy atom. The van der Waals surface area contributed by atoms with Crippen LogP contribution in [0.25, 0.3) is 0 Å². The van der Waals surface area contributed by atoms with E-state index in [0.29, 0.717) is 10.8 Å². The Labute approximate surface area is 98.8 Å². The van der Waals surface area contributed by atoms with Crippen LogP contribution in [0.15, 0.2) is 12.3 Å². The summed E-state index contributed by atoms with van der Waals surface area (Å²) >= 11 is 5.77. The molecule has 1 aromatic heterocycles. The summed E-state index contributed by atoms with van der Waals surface area (Å²) in [6.07, 6.45) is 4.54. The smallest absolute Gasteiger partial charge is 0.231 e. The van der Waals surface area contributed by atoms with Gasteiger partial charge in [-0.05, 0) is 12.8 Å². The molecule has 0 bridgehead atoms. The molecule has 1 heterocycles. The lowest BCUT2D eigenvalue weighted by Gasteiger charge is -2.10. The molecule has 1 N–H and O–H groups in total. The Hall–Kier alpha value is -1.01. The maximum atomic E-state index is 11.1. The van der Waals surface area contributed by atoms with Crippen LogP contribution < -0.4 is 9.46 Å². The fourth-order valence-corrected chi connectivity index (χ4v) is 1.78. The first-order valence-electron chi connectivity index (χ1n) is 4.74. The molecular weight excluding hydrogens is 252 g/mol. The van der Waals surface area contributed by atoms with Gasteiger partial charge >= 0.3 is 0 Å². The molecule has 0 radical (unpaired) electrons. The Balaban J connectivity index is 2.27. The number of aromatic nitrogens is 1. The maximum absolute atomic E-state index is 11.1. The quantitative estimate of drug-likeness (QED) is 0.896. The third-order valence-electron chi connectivity index (χ3n) is 1.92. The van der Waals surface area contributed by atoms with Crippen LogP contribution in [0.1, 0.15) is 12.8 Å². The molecule has 0 amide bonds. The Morgan fingerprint density at radius 2 is 2.25 bits per heavy atom. The second kappa shape index (κ2) is 4.10. The fourth-order valence-electron chi connectivity index (χ4n) is 1.13. The van der Waals surface area contributed by atoms with Gasteiger partial charge in [-0.3, -0.25) is 4.72 Å². The summed E-state index contributed by atoms with van der Waals surface area (Å²) in [6, 6.07) is 1.56. The van der Waals surface area contributed by atoms with Crippen molar-refractivity contribution in [3.05, 3.63) is 17.3 Å². The van der Waals surface area contributed by atoms with Crippen molar-refractivity contribution >= 4 is 27.4 Å². The summed E-state index contributed by atoms with van der Waals surface area (Å²) in [5.74, 6) is 0.555. The molecule has 88 valence electrons. The van der Waals surface area contributed by atoms with Gasteiger partial charge in [-0.2, -0.15) is 0 Å². The van der Waals surface area contributed by atoms with Crippen LogP contribution in [0.4, 0.5) is 5.82 Å². The summed E-state index contributed by atoms with van der Waals surface area (Å²) in [7, 11) is -3.36. The summed E-state index contributed by atoms with van der Waals surface area (Å²) in [6.45, 7) is 0. The van der Waals surface area contributed by atoms with Crippen LogP contribution in [-0.4, -0.2) is 25.8 Å². The van der Waals surface area contributed by atoms with Crippen molar-refractivity contribution in [3.63, 3.8) is 0 Å². The highest BCUT2D eigenvalue weighted by Gasteiger charge is 2.25. The Morgan fingerprint density at radius 3 is 2.81 bits per heavy atom. The molecule has 0 unspecified atom stereocenters. The SMILES string of the molecule is CS(=O)(=O)Nc1ncc(Cl)cc1OC1CC1. The second-order valence-electron chi connectivity index (χ2n) is 3.69. The van der Waals surface area contributed by atoms with Gasteiger partial charge < -0.3 is 4.74 Å². The van der Waals surface area contributed by atoms with Gasteiger partial charge in [0, 0.05) is 12.3 Å². The molecule has 1 aromatic rings. The number of hydrogen-bond acceptors (Lipinski definition) is 4. The summed E-state index contributed by atoms with van der Waals surface area (Å²) < 4.78 is 30.0. The lowest BCUT2D eigenvalue weighted by Crippen LogP contribution is -2.12. The van der Waals surface area contributed by atoms with Gasteiger partial charge in [-0.25, -0.2) is 13.4 Å². The lowest BCUT2D eigenvalue weighted by molar-refractivity contribution is 0.304. The van der Waals surface area contributed by atoms with Crippen LogP contribution in [0.5, 0.6) is 5.75 Å². The zero-order chi connectivity index (χ0) is 11.8. The topological polar surface area (TPSA) is 68.3 Å². The molecule has 1 aliphatic rings. The minimum atomic E-state index is -3.36. The van der Waals surface area contributed by atoms with Crippen LogP contribution in [-0.2, 0) is 10.0 Å². The number of ether oxygens (including phenoxy) is 1. The van der Waals surface area contributed by atoms with Crippen molar-refractivity contribution in [2.75, 3.05) is 11.0 Å². The van der Waals surface area contributed by atoms with Crippen molar-refractivity contribution in [1.29, 1.82) is 0 Å². The number of nitrogens with one attached hydrogen (secondary N) is 1. The summed E-state index contributed by atoms with van der Waals surface area (Å²) in [5.41, 5.74) is 0. The number of sulfonamides is 1. The molecule has 1 aliphatic carbocycles. The van der Waals surface area contributed by atoms with Crippen LogP contribution >= 0.6 is 11.6 Å². The number of hydrogen-bond donors (Lipinski definition) is 1. The zero-order valence-electron chi connectivity index (χ0n) is 8.60. The van der Waals surface area contributed by atoms with Crippen molar-refractivity contribution < 1.29 is 13.2 Å². The lowest BCUT2D eigenvalue weighted by atomic mass is 10.4. The highest BCUT2D eigenvalue weighted by molar-refractivity contribution is 7.92. The van der Waals surface area contributed by atoms with E-state index in [9.17, 15) is 8.42 Å². The van der Waals surface area contributed by atoms with E-state index in [4.69, 9.17) is 16.3 Å². The Kier molecular flexibility index (Phi) is 2.94. The molecule has 1 fully saturated rings. The number of anilines is 1. The van der Waals surface area contributed by atoms with E-state index in [1.54, 1.807) is 6.07 Å². The molecule has 0 atom stereocenters. The first-order valence-corrected chi connectivity index (χ1v) is 7.01. The van der Waals surface area contributed by atoms with E-state index in [-0.39, 0.29) is 11.9 Å². The van der Waals surface area contributed by atoms with Crippen molar-refractivity contribution in [1.82, 2.24) is 4.98 Å². The van der Waals surface area contributed by atoms with Gasteiger partial charge in [0.05, 0.1) is 17.4 Å². The highest BCUT2D eigenvalue weighted by atomic mass is 35.5. The standard InChI is InChI=1S/C9H11ClN2O3S/c1-16(13,14)12-9-8(15-7-2-3-7)4-6(10)5-11-9/h4-5,7H,2-3H2,1H3,(H,11,12). The van der Waals surface area contributed by atoms with E-state index in [1.807, 2.05) is 0 Å². The molecule has 2 rings (SSSR count). The number of nitrogens with zero attached hydrogens (tertiary/aromatic N) is 1. The van der Waals surface area contributed by atoms with Gasteiger partial charge in [0.1, 0.15) is 0 Å². The predicted octanol–water partition coefficient (Wildman–Crippen LogP) is 1.65. The van der Waals surface area contributed by atoms with Gasteiger partial charge in [-0.1, -0.05) is 11.6 Å². The molecule has 1 saturated carbocycles. The van der Waals surface area contributed by atoms with Gasteiger partial charge in [-0.15, -0.1) is 0 Å². The maximum Gasteiger partial charge on any atom is 0.231 e. The van der Waals surface area contributed by atoms with Crippen LogP contribution in [0.3, 0.4) is 0 Å². The van der Waals surface area contributed by atoms with Crippen LogP contribution in [0, 0.1) is 0 Å². The average molecular weight is 263 g/mol. The molecule has 0 aromatic carbocycles.